The zero-order valence-corrected chi connectivity index (χ0v) is 14.1. The molecule has 2 aromatic rings. The SMILES string of the molecule is CC(C(N)=O)N1CCOc2cc(OCc3ccccc3F)ccc2C1. The molecule has 1 heterocycles. The molecule has 132 valence electrons. The molecule has 0 radical (unpaired) electrons. The Labute approximate surface area is 146 Å². The molecule has 0 saturated heterocycles. The van der Waals surface area contributed by atoms with Gasteiger partial charge in [-0.1, -0.05) is 24.3 Å². The number of nitrogens with two attached hydrogens (primary N) is 1. The van der Waals surface area contributed by atoms with Gasteiger partial charge in [-0.05, 0) is 19.1 Å². The van der Waals surface area contributed by atoms with Crippen LogP contribution >= 0.6 is 0 Å². The summed E-state index contributed by atoms with van der Waals surface area (Å²) < 4.78 is 25.1. The van der Waals surface area contributed by atoms with E-state index in [1.54, 1.807) is 31.2 Å². The molecule has 1 aliphatic heterocycles. The molecule has 0 saturated carbocycles. The van der Waals surface area contributed by atoms with E-state index in [0.717, 1.165) is 5.56 Å². The topological polar surface area (TPSA) is 64.8 Å². The Balaban J connectivity index is 1.71. The third-order valence-corrected chi connectivity index (χ3v) is 4.36. The molecule has 1 amide bonds. The summed E-state index contributed by atoms with van der Waals surface area (Å²) >= 11 is 0. The second-order valence-corrected chi connectivity index (χ2v) is 6.05. The van der Waals surface area contributed by atoms with Crippen molar-refractivity contribution in [3.05, 3.63) is 59.4 Å². The van der Waals surface area contributed by atoms with E-state index in [1.165, 1.54) is 6.07 Å². The van der Waals surface area contributed by atoms with Crippen LogP contribution < -0.4 is 15.2 Å². The van der Waals surface area contributed by atoms with Crippen LogP contribution in [0.2, 0.25) is 0 Å². The first kappa shape index (κ1) is 17.2. The first-order valence-corrected chi connectivity index (χ1v) is 8.20. The number of rotatable bonds is 5. The quantitative estimate of drug-likeness (QED) is 0.905. The molecule has 6 heteroatoms. The minimum atomic E-state index is -0.355. The van der Waals surface area contributed by atoms with Crippen molar-refractivity contribution in [2.75, 3.05) is 13.2 Å². The van der Waals surface area contributed by atoms with Crippen molar-refractivity contribution < 1.29 is 18.7 Å². The minimum absolute atomic E-state index is 0.149. The van der Waals surface area contributed by atoms with E-state index >= 15 is 0 Å². The lowest BCUT2D eigenvalue weighted by Gasteiger charge is -2.24. The molecule has 1 aliphatic rings. The van der Waals surface area contributed by atoms with Crippen molar-refractivity contribution in [3.63, 3.8) is 0 Å². The molecule has 5 nitrogen and oxygen atoms in total. The van der Waals surface area contributed by atoms with Gasteiger partial charge in [-0.3, -0.25) is 9.69 Å². The summed E-state index contributed by atoms with van der Waals surface area (Å²) in [6, 6.07) is 11.7. The predicted molar refractivity (Wildman–Crippen MR) is 91.7 cm³/mol. The first-order chi connectivity index (χ1) is 12.0. The van der Waals surface area contributed by atoms with E-state index in [0.29, 0.717) is 36.8 Å². The normalized spacial score (nSPS) is 15.6. The molecule has 0 fully saturated rings. The molecule has 0 aliphatic carbocycles. The van der Waals surface area contributed by atoms with E-state index in [2.05, 4.69) is 0 Å². The lowest BCUT2D eigenvalue weighted by molar-refractivity contribution is -0.122. The van der Waals surface area contributed by atoms with Crippen molar-refractivity contribution in [2.24, 2.45) is 5.73 Å². The van der Waals surface area contributed by atoms with Crippen LogP contribution in [0.5, 0.6) is 11.5 Å². The molecule has 3 rings (SSSR count). The number of primary amides is 1. The van der Waals surface area contributed by atoms with Gasteiger partial charge in [0.15, 0.2) is 0 Å². The molecule has 1 unspecified atom stereocenters. The van der Waals surface area contributed by atoms with Crippen molar-refractivity contribution in [1.29, 1.82) is 0 Å². The number of nitrogens with zero attached hydrogens (tertiary/aromatic N) is 1. The average molecular weight is 344 g/mol. The molecular formula is C19H21FN2O3. The van der Waals surface area contributed by atoms with Crippen LogP contribution in [0.3, 0.4) is 0 Å². The Morgan fingerprint density at radius 3 is 2.92 bits per heavy atom. The highest BCUT2D eigenvalue weighted by atomic mass is 19.1. The maximum Gasteiger partial charge on any atom is 0.234 e. The fourth-order valence-electron chi connectivity index (χ4n) is 2.75. The summed E-state index contributed by atoms with van der Waals surface area (Å²) in [6.07, 6.45) is 0. The van der Waals surface area contributed by atoms with E-state index in [4.69, 9.17) is 15.2 Å². The standard InChI is InChI=1S/C19H21FN2O3/c1-13(19(21)23)22-8-9-24-18-10-16(7-6-14(18)11-22)25-12-15-4-2-3-5-17(15)20/h2-7,10,13H,8-9,11-12H2,1H3,(H2,21,23). The Morgan fingerprint density at radius 2 is 2.16 bits per heavy atom. The molecule has 0 aromatic heterocycles. The number of amides is 1. The molecule has 2 N–H and O–H groups in total. The Hall–Kier alpha value is -2.60. The van der Waals surface area contributed by atoms with Gasteiger partial charge in [0.05, 0.1) is 6.04 Å². The summed E-state index contributed by atoms with van der Waals surface area (Å²) in [6.45, 7) is 3.59. The van der Waals surface area contributed by atoms with Gasteiger partial charge >= 0.3 is 0 Å². The lowest BCUT2D eigenvalue weighted by Crippen LogP contribution is -2.43. The van der Waals surface area contributed by atoms with Crippen molar-refractivity contribution in [1.82, 2.24) is 4.90 Å². The van der Waals surface area contributed by atoms with Crippen LogP contribution in [0.15, 0.2) is 42.5 Å². The van der Waals surface area contributed by atoms with Crippen molar-refractivity contribution in [2.45, 2.75) is 26.1 Å². The third kappa shape index (κ3) is 4.09. The highest BCUT2D eigenvalue weighted by Crippen LogP contribution is 2.29. The summed E-state index contributed by atoms with van der Waals surface area (Å²) in [4.78, 5) is 13.4. The van der Waals surface area contributed by atoms with Crippen LogP contribution in [0, 0.1) is 5.82 Å². The number of benzene rings is 2. The third-order valence-electron chi connectivity index (χ3n) is 4.36. The number of carbonyl (C=O) groups excluding carboxylic acids is 1. The highest BCUT2D eigenvalue weighted by molar-refractivity contribution is 5.79. The van der Waals surface area contributed by atoms with E-state index in [-0.39, 0.29) is 24.4 Å². The molecular weight excluding hydrogens is 323 g/mol. The number of carbonyl (C=O) groups is 1. The van der Waals surface area contributed by atoms with E-state index in [9.17, 15) is 9.18 Å². The summed E-state index contributed by atoms with van der Waals surface area (Å²) in [5.41, 5.74) is 6.86. The van der Waals surface area contributed by atoms with Gasteiger partial charge in [-0.25, -0.2) is 4.39 Å². The average Bonchev–Trinajstić information content (AvgIpc) is 2.82. The number of hydrogen-bond acceptors (Lipinski definition) is 4. The Bertz CT molecular complexity index is 766. The van der Waals surface area contributed by atoms with Gasteiger partial charge in [0, 0.05) is 30.3 Å². The largest absolute Gasteiger partial charge is 0.492 e. The van der Waals surface area contributed by atoms with Gasteiger partial charge in [0.1, 0.15) is 30.5 Å². The smallest absolute Gasteiger partial charge is 0.234 e. The van der Waals surface area contributed by atoms with Crippen LogP contribution in [-0.4, -0.2) is 30.0 Å². The van der Waals surface area contributed by atoms with Gasteiger partial charge in [-0.15, -0.1) is 0 Å². The molecule has 1 atom stereocenters. The number of halogens is 1. The van der Waals surface area contributed by atoms with Gasteiger partial charge in [0.25, 0.3) is 0 Å². The predicted octanol–water partition coefficient (Wildman–Crippen LogP) is 2.47. The minimum Gasteiger partial charge on any atom is -0.492 e. The van der Waals surface area contributed by atoms with Crippen LogP contribution in [0.25, 0.3) is 0 Å². The maximum atomic E-state index is 13.7. The van der Waals surface area contributed by atoms with Crippen LogP contribution in [-0.2, 0) is 17.9 Å². The lowest BCUT2D eigenvalue weighted by atomic mass is 10.1. The van der Waals surface area contributed by atoms with Gasteiger partial charge in [-0.2, -0.15) is 0 Å². The molecule has 2 aromatic carbocycles. The molecule has 0 spiro atoms. The maximum absolute atomic E-state index is 13.7. The fourth-order valence-corrected chi connectivity index (χ4v) is 2.75. The van der Waals surface area contributed by atoms with Gasteiger partial charge in [0.2, 0.25) is 5.91 Å². The number of hydrogen-bond donors (Lipinski definition) is 1. The summed E-state index contributed by atoms with van der Waals surface area (Å²) in [7, 11) is 0. The second kappa shape index (κ2) is 7.53. The highest BCUT2D eigenvalue weighted by Gasteiger charge is 2.23. The Morgan fingerprint density at radius 1 is 1.36 bits per heavy atom. The van der Waals surface area contributed by atoms with E-state index < -0.39 is 0 Å². The summed E-state index contributed by atoms with van der Waals surface area (Å²) in [5.74, 6) is 0.682. The monoisotopic (exact) mass is 344 g/mol. The zero-order chi connectivity index (χ0) is 17.8. The summed E-state index contributed by atoms with van der Waals surface area (Å²) in [5, 5.41) is 0. The fraction of sp³-hybridized carbons (Fsp3) is 0.316. The molecule has 25 heavy (non-hydrogen) atoms. The van der Waals surface area contributed by atoms with Crippen LogP contribution in [0.1, 0.15) is 18.1 Å². The Kier molecular flexibility index (Phi) is 5.19. The molecule has 0 bridgehead atoms. The first-order valence-electron chi connectivity index (χ1n) is 8.20. The second-order valence-electron chi connectivity index (χ2n) is 6.05. The van der Waals surface area contributed by atoms with Gasteiger partial charge < -0.3 is 15.2 Å². The van der Waals surface area contributed by atoms with E-state index in [1.807, 2.05) is 17.0 Å². The number of fused-ring (bicyclic) bond motifs is 1. The van der Waals surface area contributed by atoms with Crippen molar-refractivity contribution >= 4 is 5.91 Å². The zero-order valence-electron chi connectivity index (χ0n) is 14.1. The number of ether oxygens (including phenoxy) is 2. The van der Waals surface area contributed by atoms with Crippen LogP contribution in [0.4, 0.5) is 4.39 Å². The van der Waals surface area contributed by atoms with Crippen molar-refractivity contribution in [3.8, 4) is 11.5 Å².